The van der Waals surface area contributed by atoms with Crippen molar-refractivity contribution in [3.05, 3.63) is 29.5 Å². The van der Waals surface area contributed by atoms with Crippen molar-refractivity contribution in [1.29, 1.82) is 5.26 Å². The number of benzene rings is 1. The molecule has 4 heteroatoms. The van der Waals surface area contributed by atoms with Crippen LogP contribution in [0.3, 0.4) is 0 Å². The second kappa shape index (κ2) is 4.43. The highest BCUT2D eigenvalue weighted by molar-refractivity contribution is 5.83. The van der Waals surface area contributed by atoms with Crippen LogP contribution >= 0.6 is 0 Å². The quantitative estimate of drug-likeness (QED) is 0.771. The summed E-state index contributed by atoms with van der Waals surface area (Å²) >= 11 is 0. The van der Waals surface area contributed by atoms with Gasteiger partial charge in [-0.15, -0.1) is 0 Å². The maximum absolute atomic E-state index is 8.94. The van der Waals surface area contributed by atoms with E-state index in [1.165, 1.54) is 6.42 Å². The molecule has 1 aromatic heterocycles. The molecular formula is C14H15N3O. The Kier molecular flexibility index (Phi) is 2.77. The molecule has 1 atom stereocenters. The highest BCUT2D eigenvalue weighted by Gasteiger charge is 2.19. The second-order valence-electron chi connectivity index (χ2n) is 4.69. The number of aryl methyl sites for hydroxylation is 1. The Morgan fingerprint density at radius 3 is 3.06 bits per heavy atom. The predicted molar refractivity (Wildman–Crippen MR) is 68.0 cm³/mol. The average molecular weight is 241 g/mol. The lowest BCUT2D eigenvalue weighted by atomic mass is 10.1. The first kappa shape index (κ1) is 11.2. The fourth-order valence-corrected chi connectivity index (χ4v) is 2.50. The van der Waals surface area contributed by atoms with Crippen molar-refractivity contribution in [3.63, 3.8) is 0 Å². The summed E-state index contributed by atoms with van der Waals surface area (Å²) in [5.41, 5.74) is 2.68. The van der Waals surface area contributed by atoms with Gasteiger partial charge < -0.3 is 4.74 Å². The minimum Gasteiger partial charge on any atom is -0.356 e. The fraction of sp³-hybridized carbons (Fsp3) is 0.429. The van der Waals surface area contributed by atoms with Crippen molar-refractivity contribution in [2.45, 2.75) is 32.4 Å². The topological polar surface area (TPSA) is 50.8 Å². The van der Waals surface area contributed by atoms with Gasteiger partial charge in [0, 0.05) is 12.0 Å². The molecule has 0 radical (unpaired) electrons. The van der Waals surface area contributed by atoms with E-state index < -0.39 is 0 Å². The molecular weight excluding hydrogens is 226 g/mol. The number of nitrogens with zero attached hydrogens (tertiary/aromatic N) is 3. The van der Waals surface area contributed by atoms with Gasteiger partial charge in [-0.3, -0.25) is 0 Å². The Labute approximate surface area is 106 Å². The molecule has 1 unspecified atom stereocenters. The molecule has 1 aromatic carbocycles. The third kappa shape index (κ3) is 1.77. The van der Waals surface area contributed by atoms with Crippen LogP contribution in [0.15, 0.2) is 18.2 Å². The first-order valence-electron chi connectivity index (χ1n) is 6.30. The first-order valence-corrected chi connectivity index (χ1v) is 6.30. The second-order valence-corrected chi connectivity index (χ2v) is 4.69. The van der Waals surface area contributed by atoms with Gasteiger partial charge >= 0.3 is 0 Å². The summed E-state index contributed by atoms with van der Waals surface area (Å²) in [7, 11) is 0. The summed E-state index contributed by atoms with van der Waals surface area (Å²) in [4.78, 5) is 0. The number of ether oxygens (including phenoxy) is 1. The molecule has 1 saturated heterocycles. The molecule has 92 valence electrons. The molecule has 1 aliphatic rings. The van der Waals surface area contributed by atoms with Crippen LogP contribution in [0.4, 0.5) is 0 Å². The Balaban J connectivity index is 2.10. The monoisotopic (exact) mass is 241 g/mol. The zero-order valence-corrected chi connectivity index (χ0v) is 10.4. The lowest BCUT2D eigenvalue weighted by Crippen LogP contribution is -2.19. The Bertz CT molecular complexity index is 618. The van der Waals surface area contributed by atoms with Crippen molar-refractivity contribution in [2.24, 2.45) is 0 Å². The molecule has 2 heterocycles. The number of aromatic nitrogens is 2. The molecule has 2 aromatic rings. The maximum Gasteiger partial charge on any atom is 0.150 e. The van der Waals surface area contributed by atoms with Gasteiger partial charge in [0.05, 0.1) is 22.8 Å². The van der Waals surface area contributed by atoms with Crippen LogP contribution in [-0.4, -0.2) is 16.4 Å². The van der Waals surface area contributed by atoms with Crippen molar-refractivity contribution >= 4 is 10.9 Å². The molecule has 1 aliphatic heterocycles. The molecule has 0 spiro atoms. The largest absolute Gasteiger partial charge is 0.356 e. The first-order chi connectivity index (χ1) is 8.79. The van der Waals surface area contributed by atoms with Gasteiger partial charge in [0.2, 0.25) is 0 Å². The van der Waals surface area contributed by atoms with E-state index in [4.69, 9.17) is 10.00 Å². The zero-order valence-electron chi connectivity index (χ0n) is 10.4. The highest BCUT2D eigenvalue weighted by Crippen LogP contribution is 2.28. The van der Waals surface area contributed by atoms with E-state index in [1.54, 1.807) is 0 Å². The van der Waals surface area contributed by atoms with E-state index >= 15 is 0 Å². The van der Waals surface area contributed by atoms with E-state index in [-0.39, 0.29) is 6.23 Å². The molecule has 0 N–H and O–H groups in total. The van der Waals surface area contributed by atoms with Crippen LogP contribution in [0.1, 0.15) is 36.7 Å². The van der Waals surface area contributed by atoms with E-state index in [0.717, 1.165) is 36.0 Å². The third-order valence-corrected chi connectivity index (χ3v) is 3.45. The zero-order chi connectivity index (χ0) is 12.5. The van der Waals surface area contributed by atoms with Crippen LogP contribution in [-0.2, 0) is 4.74 Å². The van der Waals surface area contributed by atoms with Crippen LogP contribution < -0.4 is 0 Å². The van der Waals surface area contributed by atoms with Crippen LogP contribution in [0.2, 0.25) is 0 Å². The predicted octanol–water partition coefficient (Wildman–Crippen LogP) is 2.92. The normalized spacial score (nSPS) is 19.9. The molecule has 0 aliphatic carbocycles. The van der Waals surface area contributed by atoms with E-state index in [1.807, 2.05) is 29.8 Å². The van der Waals surface area contributed by atoms with Gasteiger partial charge in [0.1, 0.15) is 0 Å². The van der Waals surface area contributed by atoms with Crippen LogP contribution in [0.25, 0.3) is 10.9 Å². The van der Waals surface area contributed by atoms with Gasteiger partial charge in [0.25, 0.3) is 0 Å². The Morgan fingerprint density at radius 2 is 2.33 bits per heavy atom. The smallest absolute Gasteiger partial charge is 0.150 e. The van der Waals surface area contributed by atoms with Gasteiger partial charge in [-0.25, -0.2) is 4.68 Å². The maximum atomic E-state index is 8.94. The van der Waals surface area contributed by atoms with Gasteiger partial charge in [-0.1, -0.05) is 0 Å². The summed E-state index contributed by atoms with van der Waals surface area (Å²) in [6.45, 7) is 2.78. The van der Waals surface area contributed by atoms with Crippen LogP contribution in [0.5, 0.6) is 0 Å². The minimum atomic E-state index is 0.0443. The Morgan fingerprint density at radius 1 is 1.44 bits per heavy atom. The molecule has 18 heavy (non-hydrogen) atoms. The van der Waals surface area contributed by atoms with Gasteiger partial charge in [-0.2, -0.15) is 10.4 Å². The number of hydrogen-bond acceptors (Lipinski definition) is 3. The molecule has 4 nitrogen and oxygen atoms in total. The molecule has 0 amide bonds. The Hall–Kier alpha value is -1.86. The molecule has 0 saturated carbocycles. The van der Waals surface area contributed by atoms with Gasteiger partial charge in [0.15, 0.2) is 6.23 Å². The summed E-state index contributed by atoms with van der Waals surface area (Å²) in [6, 6.07) is 7.87. The van der Waals surface area contributed by atoms with E-state index in [9.17, 15) is 0 Å². The number of nitriles is 1. The standard InChI is InChI=1S/C14H15N3O/c1-10-12-8-11(9-15)5-6-13(12)17(16-10)14-4-2-3-7-18-14/h5-6,8,14H,2-4,7H2,1H3. The van der Waals surface area contributed by atoms with E-state index in [0.29, 0.717) is 5.56 Å². The number of hydrogen-bond donors (Lipinski definition) is 0. The SMILES string of the molecule is Cc1nn(C2CCCCO2)c2ccc(C#N)cc12. The third-order valence-electron chi connectivity index (χ3n) is 3.45. The van der Waals surface area contributed by atoms with Crippen molar-refractivity contribution in [2.75, 3.05) is 6.61 Å². The van der Waals surface area contributed by atoms with Crippen LogP contribution in [0, 0.1) is 18.3 Å². The van der Waals surface area contributed by atoms with Gasteiger partial charge in [-0.05, 0) is 44.4 Å². The summed E-state index contributed by atoms with van der Waals surface area (Å²) < 4.78 is 7.74. The lowest BCUT2D eigenvalue weighted by molar-refractivity contribution is -0.0368. The minimum absolute atomic E-state index is 0.0443. The summed E-state index contributed by atoms with van der Waals surface area (Å²) in [6.07, 6.45) is 3.37. The van der Waals surface area contributed by atoms with Crippen molar-refractivity contribution < 1.29 is 4.74 Å². The lowest BCUT2D eigenvalue weighted by Gasteiger charge is -2.23. The molecule has 3 rings (SSSR count). The summed E-state index contributed by atoms with van der Waals surface area (Å²) in [5, 5.41) is 14.6. The molecule has 0 bridgehead atoms. The van der Waals surface area contributed by atoms with Crippen molar-refractivity contribution in [1.82, 2.24) is 9.78 Å². The van der Waals surface area contributed by atoms with E-state index in [2.05, 4.69) is 11.2 Å². The number of rotatable bonds is 1. The number of fused-ring (bicyclic) bond motifs is 1. The fourth-order valence-electron chi connectivity index (χ4n) is 2.50. The highest BCUT2D eigenvalue weighted by atomic mass is 16.5. The summed E-state index contributed by atoms with van der Waals surface area (Å²) in [5.74, 6) is 0. The molecule has 1 fully saturated rings. The average Bonchev–Trinajstić information content (AvgIpc) is 2.77. The van der Waals surface area contributed by atoms with Crippen molar-refractivity contribution in [3.8, 4) is 6.07 Å².